The predicted molar refractivity (Wildman–Crippen MR) is 56.9 cm³/mol. The van der Waals surface area contributed by atoms with Gasteiger partial charge in [-0.05, 0) is 33.7 Å². The molecule has 0 aromatic rings. The predicted octanol–water partition coefficient (Wildman–Crippen LogP) is 2.90. The summed E-state index contributed by atoms with van der Waals surface area (Å²) in [6.45, 7) is 8.64. The summed E-state index contributed by atoms with van der Waals surface area (Å²) in [5.41, 5.74) is 0. The molecule has 0 aliphatic rings. The molecule has 0 saturated heterocycles. The summed E-state index contributed by atoms with van der Waals surface area (Å²) in [5.74, 6) is 0.763. The minimum absolute atomic E-state index is 0.615. The molecule has 0 amide bonds. The van der Waals surface area contributed by atoms with Crippen LogP contribution in [-0.4, -0.2) is 29.9 Å². The average molecular weight is 190 g/mol. The van der Waals surface area contributed by atoms with Crippen molar-refractivity contribution in [2.75, 3.05) is 19.0 Å². The minimum Gasteiger partial charge on any atom is -0.297 e. The van der Waals surface area contributed by atoms with E-state index in [2.05, 4.69) is 37.8 Å². The fourth-order valence-corrected chi connectivity index (χ4v) is 1.18. The van der Waals surface area contributed by atoms with Crippen LogP contribution in [0, 0.1) is 0 Å². The third kappa shape index (κ3) is 5.62. The van der Waals surface area contributed by atoms with Gasteiger partial charge in [0.15, 0.2) is 0 Å². The second kappa shape index (κ2) is 7.63. The molecule has 0 saturated carbocycles. The van der Waals surface area contributed by atoms with Crippen LogP contribution in [0.1, 0.15) is 27.2 Å². The molecular formula is C10H20ClN. The van der Waals surface area contributed by atoms with Crippen LogP contribution in [-0.2, 0) is 0 Å². The maximum atomic E-state index is 5.64. The number of rotatable bonds is 6. The van der Waals surface area contributed by atoms with Crippen LogP contribution < -0.4 is 0 Å². The zero-order valence-electron chi connectivity index (χ0n) is 8.39. The lowest BCUT2D eigenvalue weighted by molar-refractivity contribution is 0.247. The molecule has 0 aromatic heterocycles. The van der Waals surface area contributed by atoms with Crippen LogP contribution in [0.5, 0.6) is 0 Å². The summed E-state index contributed by atoms with van der Waals surface area (Å²) in [5, 5.41) is 0. The van der Waals surface area contributed by atoms with E-state index in [9.17, 15) is 0 Å². The summed E-state index contributed by atoms with van der Waals surface area (Å²) in [6.07, 6.45) is 5.36. The fraction of sp³-hybridized carbons (Fsp3) is 0.800. The molecular weight excluding hydrogens is 170 g/mol. The first kappa shape index (κ1) is 12.0. The summed E-state index contributed by atoms with van der Waals surface area (Å²) in [4.78, 5) is 2.42. The Morgan fingerprint density at radius 3 is 2.50 bits per heavy atom. The molecule has 0 rings (SSSR count). The Hall–Kier alpha value is -0.0100. The molecule has 0 spiro atoms. The highest BCUT2D eigenvalue weighted by molar-refractivity contribution is 6.17. The maximum Gasteiger partial charge on any atom is 0.0235 e. The van der Waals surface area contributed by atoms with Crippen molar-refractivity contribution < 1.29 is 0 Å². The van der Waals surface area contributed by atoms with Crippen LogP contribution in [0.25, 0.3) is 0 Å². The van der Waals surface area contributed by atoms with Gasteiger partial charge in [-0.1, -0.05) is 12.2 Å². The van der Waals surface area contributed by atoms with E-state index < -0.39 is 0 Å². The lowest BCUT2D eigenvalue weighted by Crippen LogP contribution is -2.32. The van der Waals surface area contributed by atoms with Gasteiger partial charge in [-0.3, -0.25) is 4.90 Å². The highest BCUT2D eigenvalue weighted by atomic mass is 35.5. The van der Waals surface area contributed by atoms with Gasteiger partial charge in [-0.15, -0.1) is 11.6 Å². The molecule has 0 radical (unpaired) electrons. The van der Waals surface area contributed by atoms with Gasteiger partial charge < -0.3 is 0 Å². The van der Waals surface area contributed by atoms with Crippen LogP contribution in [0.15, 0.2) is 12.2 Å². The van der Waals surface area contributed by atoms with Crippen LogP contribution in [0.2, 0.25) is 0 Å². The lowest BCUT2D eigenvalue weighted by atomic mass is 10.3. The monoisotopic (exact) mass is 189 g/mol. The topological polar surface area (TPSA) is 3.24 Å². The molecule has 0 bridgehead atoms. The zero-order chi connectivity index (χ0) is 9.40. The van der Waals surface area contributed by atoms with Crippen molar-refractivity contribution in [1.29, 1.82) is 0 Å². The molecule has 2 heteroatoms. The lowest BCUT2D eigenvalue weighted by Gasteiger charge is -2.24. The Morgan fingerprint density at radius 2 is 2.08 bits per heavy atom. The van der Waals surface area contributed by atoms with E-state index in [1.807, 2.05) is 0 Å². The molecule has 0 aliphatic carbocycles. The minimum atomic E-state index is 0.615. The molecule has 0 atom stereocenters. The quantitative estimate of drug-likeness (QED) is 0.459. The molecule has 0 aliphatic heterocycles. The Kier molecular flexibility index (Phi) is 7.62. The van der Waals surface area contributed by atoms with E-state index in [4.69, 9.17) is 11.6 Å². The van der Waals surface area contributed by atoms with Crippen molar-refractivity contribution in [2.24, 2.45) is 0 Å². The molecule has 72 valence electrons. The smallest absolute Gasteiger partial charge is 0.0235 e. The van der Waals surface area contributed by atoms with Gasteiger partial charge in [0, 0.05) is 18.5 Å². The van der Waals surface area contributed by atoms with Crippen molar-refractivity contribution in [2.45, 2.75) is 33.2 Å². The van der Waals surface area contributed by atoms with Gasteiger partial charge >= 0.3 is 0 Å². The van der Waals surface area contributed by atoms with E-state index >= 15 is 0 Å². The third-order valence-electron chi connectivity index (χ3n) is 1.88. The molecule has 0 unspecified atom stereocenters. The van der Waals surface area contributed by atoms with Gasteiger partial charge in [-0.25, -0.2) is 0 Å². The fourth-order valence-electron chi connectivity index (χ4n) is 1.06. The van der Waals surface area contributed by atoms with Gasteiger partial charge in [0.05, 0.1) is 0 Å². The van der Waals surface area contributed by atoms with Gasteiger partial charge in [0.1, 0.15) is 0 Å². The number of alkyl halides is 1. The molecule has 0 N–H and O–H groups in total. The van der Waals surface area contributed by atoms with E-state index in [0.29, 0.717) is 6.04 Å². The van der Waals surface area contributed by atoms with E-state index in [1.54, 1.807) is 0 Å². The molecule has 1 nitrogen and oxygen atoms in total. The highest BCUT2D eigenvalue weighted by Gasteiger charge is 2.05. The van der Waals surface area contributed by atoms with Gasteiger partial charge in [0.25, 0.3) is 0 Å². The second-order valence-corrected chi connectivity index (χ2v) is 3.58. The maximum absolute atomic E-state index is 5.64. The summed E-state index contributed by atoms with van der Waals surface area (Å²) in [6, 6.07) is 0.615. The number of nitrogens with zero attached hydrogens (tertiary/aromatic N) is 1. The average Bonchev–Trinajstić information content (AvgIpc) is 2.04. The van der Waals surface area contributed by atoms with Gasteiger partial charge in [0.2, 0.25) is 0 Å². The Bertz CT molecular complexity index is 121. The highest BCUT2D eigenvalue weighted by Crippen LogP contribution is 2.00. The van der Waals surface area contributed by atoms with Crippen molar-refractivity contribution in [3.63, 3.8) is 0 Å². The second-order valence-electron chi connectivity index (χ2n) is 3.20. The Balaban J connectivity index is 3.70. The summed E-state index contributed by atoms with van der Waals surface area (Å²) < 4.78 is 0. The first-order valence-electron chi connectivity index (χ1n) is 4.63. The summed E-state index contributed by atoms with van der Waals surface area (Å²) in [7, 11) is 0. The largest absolute Gasteiger partial charge is 0.297 e. The zero-order valence-corrected chi connectivity index (χ0v) is 9.14. The van der Waals surface area contributed by atoms with E-state index in [1.165, 1.54) is 0 Å². The van der Waals surface area contributed by atoms with Crippen molar-refractivity contribution in [3.8, 4) is 0 Å². The van der Waals surface area contributed by atoms with Crippen molar-refractivity contribution in [1.82, 2.24) is 4.90 Å². The number of halogens is 1. The molecule has 12 heavy (non-hydrogen) atoms. The first-order valence-corrected chi connectivity index (χ1v) is 5.17. The van der Waals surface area contributed by atoms with Crippen molar-refractivity contribution in [3.05, 3.63) is 12.2 Å². The van der Waals surface area contributed by atoms with Crippen molar-refractivity contribution >= 4 is 11.6 Å². The SMILES string of the molecule is C/C=C/CN(CCCCl)C(C)C. The number of hydrogen-bond donors (Lipinski definition) is 0. The van der Waals surface area contributed by atoms with E-state index in [0.717, 1.165) is 25.4 Å². The Morgan fingerprint density at radius 1 is 1.42 bits per heavy atom. The molecule has 0 aromatic carbocycles. The van der Waals surface area contributed by atoms with Gasteiger partial charge in [-0.2, -0.15) is 0 Å². The standard InChI is InChI=1S/C10H20ClN/c1-4-5-8-12(10(2)3)9-6-7-11/h4-5,10H,6-9H2,1-3H3/b5-4+. The molecule has 0 fully saturated rings. The number of allylic oxidation sites excluding steroid dienone is 1. The summed E-state index contributed by atoms with van der Waals surface area (Å²) >= 11 is 5.64. The molecule has 0 heterocycles. The number of hydrogen-bond acceptors (Lipinski definition) is 1. The first-order chi connectivity index (χ1) is 5.72. The van der Waals surface area contributed by atoms with Crippen LogP contribution in [0.4, 0.5) is 0 Å². The van der Waals surface area contributed by atoms with E-state index in [-0.39, 0.29) is 0 Å². The normalized spacial score (nSPS) is 12.2. The Labute approximate surface area is 81.4 Å². The van der Waals surface area contributed by atoms with Crippen LogP contribution in [0.3, 0.4) is 0 Å². The van der Waals surface area contributed by atoms with Crippen LogP contribution >= 0.6 is 11.6 Å². The third-order valence-corrected chi connectivity index (χ3v) is 2.15.